The van der Waals surface area contributed by atoms with Gasteiger partial charge >= 0.3 is 30.3 Å². The summed E-state index contributed by atoms with van der Waals surface area (Å²) in [7, 11) is 0. The van der Waals surface area contributed by atoms with Crippen molar-refractivity contribution in [1.29, 1.82) is 0 Å². The predicted molar refractivity (Wildman–Crippen MR) is 374 cm³/mol. The molecule has 8 N–H and O–H groups in total. The zero-order chi connectivity index (χ0) is 75.7. The number of hydrogen-bond acceptors (Lipinski definition) is 20. The number of alkyl halides is 2. The summed E-state index contributed by atoms with van der Waals surface area (Å²) in [6, 6.07) is 3.40. The summed E-state index contributed by atoms with van der Waals surface area (Å²) < 4.78 is 85.8. The van der Waals surface area contributed by atoms with Gasteiger partial charge in [-0.15, -0.1) is 11.8 Å². The Bertz CT molecular complexity index is 3340. The maximum absolute atomic E-state index is 18.1. The van der Waals surface area contributed by atoms with Crippen LogP contribution in [0.15, 0.2) is 48.1 Å². The lowest BCUT2D eigenvalue weighted by molar-refractivity contribution is -0.235. The summed E-state index contributed by atoms with van der Waals surface area (Å²) >= 11 is 0. The number of ketones is 4. The number of esters is 1. The molecule has 1 heterocycles. The van der Waals surface area contributed by atoms with E-state index in [0.717, 1.165) is 31.8 Å². The van der Waals surface area contributed by atoms with E-state index in [9.17, 15) is 53.1 Å². The highest BCUT2D eigenvalue weighted by Crippen LogP contribution is 2.72. The highest BCUT2D eigenvalue weighted by molar-refractivity contribution is 6.02. The predicted octanol–water partition coefficient (Wildman–Crippen LogP) is 8.56. The second-order valence-corrected chi connectivity index (χ2v) is 30.5. The molecule has 1 aromatic carbocycles. The van der Waals surface area contributed by atoms with Gasteiger partial charge in [-0.2, -0.15) is 0 Å². The highest BCUT2D eigenvalue weighted by Gasteiger charge is 2.80. The smallest absolute Gasteiger partial charge is 0.408 e. The number of fused-ring (bicyclic) bond motifs is 8. The Morgan fingerprint density at radius 3 is 2.10 bits per heavy atom. The van der Waals surface area contributed by atoms with Crippen LogP contribution in [-0.2, 0) is 78.0 Å². The maximum atomic E-state index is 18.1. The largest absolute Gasteiger partial charge is 0.457 e. The number of hydrogen-bond donors (Lipinski definition) is 7. The third-order valence-electron chi connectivity index (χ3n) is 21.9. The number of carbonyl (C=O) groups excluding carboxylic acids is 10. The van der Waals surface area contributed by atoms with Crippen molar-refractivity contribution in [1.82, 2.24) is 21.3 Å². The first-order chi connectivity index (χ1) is 49.4. The van der Waals surface area contributed by atoms with Crippen molar-refractivity contribution >= 4 is 65.0 Å². The molecule has 5 fully saturated rings. The first-order valence-electron chi connectivity index (χ1n) is 36.8. The summed E-state index contributed by atoms with van der Waals surface area (Å²) in [6.07, 6.45) is 0.389. The Hall–Kier alpha value is -7.42. The quantitative estimate of drug-likeness (QED) is 0.0140. The number of amides is 6. The van der Waals surface area contributed by atoms with Crippen molar-refractivity contribution in [2.75, 3.05) is 77.9 Å². The van der Waals surface area contributed by atoms with Gasteiger partial charge in [-0.05, 0) is 149 Å². The SMILES string of the molecule is CCCC1O[C@@H]2C[C@H]3[C@@H]4C[C@H](F)C5=CC(=O)C=C[C@]5(C)[C@@]4(F)[C@@H](O)C[C@]3(C)[C@]2(C(=O)COC(=O)C(C)(C)CC(=O)[C@H](CC(C)C)NC(=O)OCc2ccc(NC(=O)[C@H](CCCNC(N)=O)CC(=O)[C@@H](NC(=O)OCCOCCOCCOCCNC(=O)OCC3[C@H]4CCC#CCC[C@@H]34)C(C)C)cc2)O1. The Morgan fingerprint density at radius 2 is 1.45 bits per heavy atom. The molecule has 0 radical (unpaired) electrons. The number of rotatable bonds is 39. The van der Waals surface area contributed by atoms with Gasteiger partial charge < -0.3 is 80.1 Å². The zero-order valence-corrected chi connectivity index (χ0v) is 61.5. The number of alkyl carbamates (subject to hydrolysis) is 3. The van der Waals surface area contributed by atoms with Crippen molar-refractivity contribution in [3.05, 3.63) is 53.6 Å². The lowest BCUT2D eigenvalue weighted by atomic mass is 9.44. The number of anilines is 1. The van der Waals surface area contributed by atoms with Gasteiger partial charge in [-0.25, -0.2) is 28.0 Å². The number of benzene rings is 1. The highest BCUT2D eigenvalue weighted by atomic mass is 19.1. The summed E-state index contributed by atoms with van der Waals surface area (Å²) in [5, 5.41) is 25.3. The number of urea groups is 1. The Morgan fingerprint density at radius 1 is 0.798 bits per heavy atom. The number of Topliss-reactive ketones (excluding diaryl/α,β-unsaturated/α-hetero) is 3. The number of aliphatic hydroxyl groups is 1. The molecule has 26 nitrogen and oxygen atoms in total. The lowest BCUT2D eigenvalue weighted by Gasteiger charge is -2.63. The van der Waals surface area contributed by atoms with E-state index >= 15 is 8.78 Å². The van der Waals surface area contributed by atoms with Gasteiger partial charge in [0.2, 0.25) is 11.7 Å². The maximum Gasteiger partial charge on any atom is 0.408 e. The molecular formula is C76H108F2N6O20. The van der Waals surface area contributed by atoms with Crippen molar-refractivity contribution in [3.8, 4) is 11.8 Å². The molecule has 16 atom stereocenters. The van der Waals surface area contributed by atoms with Crippen LogP contribution in [-0.4, -0.2) is 185 Å². The van der Waals surface area contributed by atoms with E-state index < -0.39 is 160 Å². The number of nitrogens with two attached hydrogens (primary N) is 1. The molecule has 576 valence electrons. The van der Waals surface area contributed by atoms with Crippen LogP contribution >= 0.6 is 0 Å². The normalized spacial score (nSPS) is 28.7. The number of carbonyl (C=O) groups is 10. The van der Waals surface area contributed by atoms with E-state index in [0.29, 0.717) is 68.2 Å². The van der Waals surface area contributed by atoms with Crippen LogP contribution < -0.4 is 32.3 Å². The molecule has 1 aromatic rings. The van der Waals surface area contributed by atoms with Crippen molar-refractivity contribution in [2.45, 2.75) is 207 Å². The second-order valence-electron chi connectivity index (χ2n) is 30.5. The molecule has 28 heteroatoms. The molecule has 1 aliphatic heterocycles. The van der Waals surface area contributed by atoms with Gasteiger partial charge in [0.15, 0.2) is 41.5 Å². The number of primary amides is 1. The fourth-order valence-corrected chi connectivity index (χ4v) is 16.5. The molecule has 0 spiro atoms. The topological polar surface area (TPSA) is 360 Å². The number of halogens is 2. The number of nitrogens with one attached hydrogen (secondary N) is 5. The van der Waals surface area contributed by atoms with Gasteiger partial charge in [-0.1, -0.05) is 66.2 Å². The van der Waals surface area contributed by atoms with Gasteiger partial charge in [0.25, 0.3) is 0 Å². The van der Waals surface area contributed by atoms with Crippen molar-refractivity contribution in [2.24, 2.45) is 69.3 Å². The van der Waals surface area contributed by atoms with E-state index in [1.165, 1.54) is 32.9 Å². The molecule has 6 amide bonds. The van der Waals surface area contributed by atoms with Gasteiger partial charge in [-0.3, -0.25) is 28.8 Å². The molecule has 7 aliphatic rings. The van der Waals surface area contributed by atoms with Crippen LogP contribution in [0.5, 0.6) is 0 Å². The number of allylic oxidation sites excluding steroid dienone is 4. The zero-order valence-electron chi connectivity index (χ0n) is 61.5. The second kappa shape index (κ2) is 36.7. The first-order valence-corrected chi connectivity index (χ1v) is 36.8. The fourth-order valence-electron chi connectivity index (χ4n) is 16.5. The lowest BCUT2D eigenvalue weighted by Crippen LogP contribution is -2.71. The van der Waals surface area contributed by atoms with Gasteiger partial charge in [0, 0.05) is 67.1 Å². The van der Waals surface area contributed by atoms with Crippen LogP contribution in [0.3, 0.4) is 0 Å². The van der Waals surface area contributed by atoms with Crippen LogP contribution in [0.4, 0.5) is 33.6 Å². The molecule has 2 unspecified atom stereocenters. The van der Waals surface area contributed by atoms with E-state index in [1.54, 1.807) is 45.0 Å². The monoisotopic (exact) mass is 1460 g/mol. The van der Waals surface area contributed by atoms with E-state index in [2.05, 4.69) is 38.4 Å². The molecule has 1 saturated heterocycles. The summed E-state index contributed by atoms with van der Waals surface area (Å²) in [6.45, 7) is 16.2. The first kappa shape index (κ1) is 82.2. The Labute approximate surface area is 607 Å². The minimum Gasteiger partial charge on any atom is -0.457 e. The van der Waals surface area contributed by atoms with Gasteiger partial charge in [0.1, 0.15) is 19.4 Å². The summed E-state index contributed by atoms with van der Waals surface area (Å²) in [5.41, 5.74) is -2.74. The third kappa shape index (κ3) is 20.0. The number of ether oxygens (including phenoxy) is 9. The number of aliphatic hydroxyl groups excluding tert-OH is 1. The van der Waals surface area contributed by atoms with Crippen LogP contribution in [0.25, 0.3) is 0 Å². The average Bonchev–Trinajstić information content (AvgIpc) is 1.43. The molecule has 6 aliphatic carbocycles. The van der Waals surface area contributed by atoms with Gasteiger partial charge in [0.05, 0.1) is 76.0 Å². The van der Waals surface area contributed by atoms with E-state index in [1.807, 2.05) is 20.8 Å². The molecule has 8 rings (SSSR count). The van der Waals surface area contributed by atoms with Crippen molar-refractivity contribution in [3.63, 3.8) is 0 Å². The molecule has 0 bridgehead atoms. The van der Waals surface area contributed by atoms with Crippen LogP contribution in [0, 0.1) is 75.4 Å². The molecule has 0 aromatic heterocycles. The van der Waals surface area contributed by atoms with Crippen LogP contribution in [0.2, 0.25) is 0 Å². The molecular weight excluding hydrogens is 1350 g/mol. The average molecular weight is 1460 g/mol. The fraction of sp³-hybridized carbons (Fsp3) is 0.711. The minimum absolute atomic E-state index is 0.0382. The molecule has 4 saturated carbocycles. The third-order valence-corrected chi connectivity index (χ3v) is 21.9. The van der Waals surface area contributed by atoms with E-state index in [-0.39, 0.29) is 103 Å². The van der Waals surface area contributed by atoms with Crippen molar-refractivity contribution < 1.29 is 104 Å². The summed E-state index contributed by atoms with van der Waals surface area (Å²) in [5.74, 6) is 1.10. The Kier molecular flexibility index (Phi) is 29.0. The molecule has 104 heavy (non-hydrogen) atoms. The minimum atomic E-state index is -2.42. The standard InChI is InChI=1S/C76H108F2N6O20/c1-10-16-64-103-63-39-54-55-38-57(77)56-37-50(85)24-25-73(56,8)75(55,78)61(88)41-74(54,9)76(63,104-64)62(89)44-100-67(91)72(6,7)40-60(87)58(35-45(2)3)83-70(94)101-42-47-20-22-49(23-21-47)82-66(90)48(17-15-26-80-68(79)92)36-59(86)65(46(4)5)84-71(95)99-34-33-98-32-31-97-30-29-96-28-27-81-69(93)102-43-53-51-18-13-11-12-14-19-52(51)53/h20-25,37,45-46,48,51-55,57-58,61,63-65,88H,10,13-19,26-36,38-44H2,1-9H3,(H,81,93)(H,82,90)(H,83,94)(H,84,95)(H3,79,80,92)/t48-,51-,52+,53?,54+,55+,57+,58+,61+,63-,64?,65+,73+,74+,75+,76-/m1/s1. The van der Waals surface area contributed by atoms with Crippen LogP contribution in [0.1, 0.15) is 158 Å². The summed E-state index contributed by atoms with van der Waals surface area (Å²) in [4.78, 5) is 133. The Balaban J connectivity index is 0.751. The van der Waals surface area contributed by atoms with E-state index in [4.69, 9.17) is 48.4 Å².